The van der Waals surface area contributed by atoms with Gasteiger partial charge in [-0.3, -0.25) is 4.79 Å². The first-order valence-corrected chi connectivity index (χ1v) is 7.26. The lowest BCUT2D eigenvalue weighted by Gasteiger charge is -2.02. The molecule has 0 spiro atoms. The summed E-state index contributed by atoms with van der Waals surface area (Å²) in [6, 6.07) is 6.91. The van der Waals surface area contributed by atoms with Crippen molar-refractivity contribution >= 4 is 11.9 Å². The lowest BCUT2D eigenvalue weighted by molar-refractivity contribution is -0.122. The van der Waals surface area contributed by atoms with E-state index >= 15 is 0 Å². The van der Waals surface area contributed by atoms with Crippen LogP contribution >= 0.6 is 0 Å². The zero-order valence-corrected chi connectivity index (χ0v) is 12.2. The summed E-state index contributed by atoms with van der Waals surface area (Å²) in [6.45, 7) is 2.27. The van der Waals surface area contributed by atoms with Crippen LogP contribution in [0.1, 0.15) is 41.3 Å². The van der Waals surface area contributed by atoms with E-state index < -0.39 is 5.97 Å². The van der Waals surface area contributed by atoms with E-state index in [0.29, 0.717) is 12.4 Å². The standard InChI is InChI=1S/C16H17NO5/c1-2-20-16(19)14-6-5-10(22-14)9-17-15(18)12-8-11(12)13-4-3-7-21-13/h3-7,11-12H,2,8-9H2,1H3,(H,17,18)/t11-,12+/m1/s1. The summed E-state index contributed by atoms with van der Waals surface area (Å²) < 4.78 is 15.5. The van der Waals surface area contributed by atoms with Gasteiger partial charge in [-0.1, -0.05) is 0 Å². The van der Waals surface area contributed by atoms with Crippen LogP contribution < -0.4 is 5.32 Å². The lowest BCUT2D eigenvalue weighted by atomic mass is 10.2. The first-order valence-electron chi connectivity index (χ1n) is 7.26. The SMILES string of the molecule is CCOC(=O)c1ccc(CNC(=O)[C@H]2C[C@H]2c2ccco2)o1. The Hall–Kier alpha value is -2.50. The van der Waals surface area contributed by atoms with Crippen molar-refractivity contribution in [3.63, 3.8) is 0 Å². The van der Waals surface area contributed by atoms with Crippen LogP contribution in [0.5, 0.6) is 0 Å². The molecular formula is C16H17NO5. The first kappa shape index (κ1) is 14.4. The number of ether oxygens (including phenoxy) is 1. The van der Waals surface area contributed by atoms with Crippen molar-refractivity contribution in [1.82, 2.24) is 5.32 Å². The van der Waals surface area contributed by atoms with Crippen molar-refractivity contribution < 1.29 is 23.2 Å². The molecule has 3 rings (SSSR count). The monoisotopic (exact) mass is 303 g/mol. The zero-order chi connectivity index (χ0) is 15.5. The Balaban J connectivity index is 1.49. The normalized spacial score (nSPS) is 19.7. The Morgan fingerprint density at radius 1 is 1.36 bits per heavy atom. The second-order valence-corrected chi connectivity index (χ2v) is 5.17. The molecule has 0 bridgehead atoms. The minimum Gasteiger partial charge on any atom is -0.469 e. The molecule has 1 amide bonds. The van der Waals surface area contributed by atoms with Gasteiger partial charge in [0.15, 0.2) is 0 Å². The number of rotatable bonds is 6. The summed E-state index contributed by atoms with van der Waals surface area (Å²) in [5, 5.41) is 2.81. The van der Waals surface area contributed by atoms with Crippen LogP contribution in [0.3, 0.4) is 0 Å². The molecule has 0 unspecified atom stereocenters. The summed E-state index contributed by atoms with van der Waals surface area (Å²) in [5.41, 5.74) is 0. The highest BCUT2D eigenvalue weighted by molar-refractivity contribution is 5.86. The predicted octanol–water partition coefficient (Wildman–Crippen LogP) is 2.47. The van der Waals surface area contributed by atoms with Gasteiger partial charge in [0, 0.05) is 11.8 Å². The molecule has 1 aliphatic carbocycles. The maximum Gasteiger partial charge on any atom is 0.374 e. The number of amides is 1. The van der Waals surface area contributed by atoms with Gasteiger partial charge < -0.3 is 18.9 Å². The molecule has 2 aromatic heterocycles. The summed E-state index contributed by atoms with van der Waals surface area (Å²) in [7, 11) is 0. The van der Waals surface area contributed by atoms with Crippen molar-refractivity contribution in [2.24, 2.45) is 5.92 Å². The van der Waals surface area contributed by atoms with Gasteiger partial charge in [0.1, 0.15) is 11.5 Å². The highest BCUT2D eigenvalue weighted by Crippen LogP contribution is 2.47. The topological polar surface area (TPSA) is 81.7 Å². The maximum atomic E-state index is 12.0. The fraction of sp³-hybridized carbons (Fsp3) is 0.375. The van der Waals surface area contributed by atoms with E-state index in [9.17, 15) is 9.59 Å². The molecule has 6 nitrogen and oxygen atoms in total. The van der Waals surface area contributed by atoms with Crippen molar-refractivity contribution in [1.29, 1.82) is 0 Å². The van der Waals surface area contributed by atoms with Crippen LogP contribution in [0.15, 0.2) is 39.4 Å². The summed E-state index contributed by atoms with van der Waals surface area (Å²) in [6.07, 6.45) is 2.41. The van der Waals surface area contributed by atoms with Gasteiger partial charge in [0.2, 0.25) is 11.7 Å². The number of hydrogen-bond acceptors (Lipinski definition) is 5. The van der Waals surface area contributed by atoms with Crippen LogP contribution in [0, 0.1) is 5.92 Å². The number of hydrogen-bond donors (Lipinski definition) is 1. The first-order chi connectivity index (χ1) is 10.7. The molecule has 1 fully saturated rings. The summed E-state index contributed by atoms with van der Waals surface area (Å²) in [4.78, 5) is 23.5. The average Bonchev–Trinajstić information content (AvgIpc) is 2.93. The quantitative estimate of drug-likeness (QED) is 0.829. The highest BCUT2D eigenvalue weighted by atomic mass is 16.5. The van der Waals surface area contributed by atoms with Gasteiger partial charge in [0.05, 0.1) is 19.4 Å². The smallest absolute Gasteiger partial charge is 0.374 e. The number of furan rings is 2. The zero-order valence-electron chi connectivity index (χ0n) is 12.2. The molecule has 0 radical (unpaired) electrons. The minimum absolute atomic E-state index is 0.0320. The lowest BCUT2D eigenvalue weighted by Crippen LogP contribution is -2.24. The Morgan fingerprint density at radius 3 is 2.95 bits per heavy atom. The van der Waals surface area contributed by atoms with Crippen molar-refractivity contribution in [3.05, 3.63) is 47.8 Å². The van der Waals surface area contributed by atoms with Crippen molar-refractivity contribution in [2.75, 3.05) is 6.61 Å². The molecule has 0 aromatic carbocycles. The molecule has 2 atom stereocenters. The average molecular weight is 303 g/mol. The number of carbonyl (C=O) groups excluding carboxylic acids is 2. The number of nitrogens with one attached hydrogen (secondary N) is 1. The molecular weight excluding hydrogens is 286 g/mol. The minimum atomic E-state index is -0.500. The number of esters is 1. The van der Waals surface area contributed by atoms with Crippen LogP contribution in [-0.4, -0.2) is 18.5 Å². The van der Waals surface area contributed by atoms with Crippen LogP contribution in [0.2, 0.25) is 0 Å². The molecule has 22 heavy (non-hydrogen) atoms. The van der Waals surface area contributed by atoms with Crippen LogP contribution in [0.4, 0.5) is 0 Å². The molecule has 1 N–H and O–H groups in total. The Bertz CT molecular complexity index is 658. The molecule has 1 saturated carbocycles. The molecule has 116 valence electrons. The molecule has 1 aliphatic rings. The van der Waals surface area contributed by atoms with Crippen molar-refractivity contribution in [3.8, 4) is 0 Å². The van der Waals surface area contributed by atoms with E-state index in [-0.39, 0.29) is 30.0 Å². The third-order valence-corrected chi connectivity index (χ3v) is 3.61. The fourth-order valence-electron chi connectivity index (χ4n) is 2.39. The van der Waals surface area contributed by atoms with E-state index in [0.717, 1.165) is 12.2 Å². The van der Waals surface area contributed by atoms with Gasteiger partial charge in [-0.2, -0.15) is 0 Å². The maximum absolute atomic E-state index is 12.0. The largest absolute Gasteiger partial charge is 0.469 e. The second kappa shape index (κ2) is 6.09. The van der Waals surface area contributed by atoms with Gasteiger partial charge in [-0.15, -0.1) is 0 Å². The van der Waals surface area contributed by atoms with Crippen LogP contribution in [0.25, 0.3) is 0 Å². The van der Waals surface area contributed by atoms with E-state index in [1.54, 1.807) is 25.3 Å². The fourth-order valence-corrected chi connectivity index (χ4v) is 2.39. The highest BCUT2D eigenvalue weighted by Gasteiger charge is 2.45. The Morgan fingerprint density at radius 2 is 2.23 bits per heavy atom. The molecule has 6 heteroatoms. The summed E-state index contributed by atoms with van der Waals surface area (Å²) >= 11 is 0. The van der Waals surface area contributed by atoms with E-state index in [1.165, 1.54) is 0 Å². The van der Waals surface area contributed by atoms with Gasteiger partial charge in [0.25, 0.3) is 0 Å². The molecule has 2 aromatic rings. The number of carbonyl (C=O) groups is 2. The summed E-state index contributed by atoms with van der Waals surface area (Å²) in [5.74, 6) is 1.10. The Kier molecular flexibility index (Phi) is 4.00. The van der Waals surface area contributed by atoms with Gasteiger partial charge in [-0.05, 0) is 37.6 Å². The molecule has 2 heterocycles. The predicted molar refractivity (Wildman–Crippen MR) is 76.1 cm³/mol. The van der Waals surface area contributed by atoms with E-state index in [1.807, 2.05) is 12.1 Å². The Labute approximate surface area is 127 Å². The molecule has 0 aliphatic heterocycles. The van der Waals surface area contributed by atoms with Crippen molar-refractivity contribution in [2.45, 2.75) is 25.8 Å². The van der Waals surface area contributed by atoms with E-state index in [4.69, 9.17) is 13.6 Å². The third-order valence-electron chi connectivity index (χ3n) is 3.61. The van der Waals surface area contributed by atoms with Gasteiger partial charge in [-0.25, -0.2) is 4.79 Å². The van der Waals surface area contributed by atoms with Gasteiger partial charge >= 0.3 is 5.97 Å². The molecule has 0 saturated heterocycles. The van der Waals surface area contributed by atoms with Crippen LogP contribution in [-0.2, 0) is 16.1 Å². The third kappa shape index (κ3) is 3.05. The second-order valence-electron chi connectivity index (χ2n) is 5.17. The van der Waals surface area contributed by atoms with E-state index in [2.05, 4.69) is 5.32 Å².